The molecule has 38 heavy (non-hydrogen) atoms. The average Bonchev–Trinajstić information content (AvgIpc) is 3.29. The van der Waals surface area contributed by atoms with Crippen molar-refractivity contribution in [2.45, 2.75) is 30.3 Å². The number of aromatic nitrogens is 4. The second-order valence-corrected chi connectivity index (χ2v) is 10.5. The molecule has 12 heteroatoms. The first kappa shape index (κ1) is 27.4. The number of ketones is 1. The second kappa shape index (κ2) is 12.3. The van der Waals surface area contributed by atoms with Crippen LogP contribution in [0.3, 0.4) is 0 Å². The van der Waals surface area contributed by atoms with Gasteiger partial charge in [-0.15, -0.1) is 0 Å². The van der Waals surface area contributed by atoms with Crippen LogP contribution in [0.25, 0.3) is 0 Å². The van der Waals surface area contributed by atoms with Crippen molar-refractivity contribution in [2.24, 2.45) is 0 Å². The SMILES string of the molecule is COc1c(Nc2cc(C)[nH]n2)nc(Sc2ccc(CC(C)=O)cc2)nc1N1CCN(CC(=O)N(C)C)CC1. The Morgan fingerprint density at radius 3 is 2.42 bits per heavy atom. The molecule has 202 valence electrons. The molecule has 1 aliphatic heterocycles. The summed E-state index contributed by atoms with van der Waals surface area (Å²) in [5.41, 5.74) is 1.89. The number of aromatic amines is 1. The Balaban J connectivity index is 1.60. The van der Waals surface area contributed by atoms with E-state index in [1.54, 1.807) is 33.0 Å². The average molecular weight is 539 g/mol. The largest absolute Gasteiger partial charge is 0.490 e. The standard InChI is InChI=1S/C26H34N8O3S/c1-17-14-21(31-30-17)27-24-23(37-5)25(34-12-10-33(11-13-34)16-22(36)32(3)4)29-26(28-24)38-20-8-6-19(7-9-20)15-18(2)35/h6-9,14H,10-13,15-16H2,1-5H3,(H2,27,28,29,30,31). The summed E-state index contributed by atoms with van der Waals surface area (Å²) in [4.78, 5) is 40.2. The molecule has 1 saturated heterocycles. The van der Waals surface area contributed by atoms with Crippen molar-refractivity contribution < 1.29 is 14.3 Å². The summed E-state index contributed by atoms with van der Waals surface area (Å²) in [5, 5.41) is 11.0. The first-order chi connectivity index (χ1) is 18.2. The van der Waals surface area contributed by atoms with Gasteiger partial charge in [-0.2, -0.15) is 5.10 Å². The van der Waals surface area contributed by atoms with Gasteiger partial charge in [0.1, 0.15) is 5.78 Å². The lowest BCUT2D eigenvalue weighted by molar-refractivity contribution is -0.130. The molecular formula is C26H34N8O3S. The number of ether oxygens (including phenoxy) is 1. The molecule has 2 N–H and O–H groups in total. The minimum atomic E-state index is 0.0897. The molecule has 1 aromatic carbocycles. The number of nitrogens with one attached hydrogen (secondary N) is 2. The van der Waals surface area contributed by atoms with Crippen LogP contribution < -0.4 is 15.0 Å². The molecule has 3 aromatic rings. The molecule has 4 rings (SSSR count). The molecule has 0 spiro atoms. The van der Waals surface area contributed by atoms with Gasteiger partial charge in [0.2, 0.25) is 11.7 Å². The third-order valence-electron chi connectivity index (χ3n) is 6.10. The predicted molar refractivity (Wildman–Crippen MR) is 147 cm³/mol. The third-order valence-corrected chi connectivity index (χ3v) is 6.97. The molecule has 1 fully saturated rings. The number of anilines is 3. The topological polar surface area (TPSA) is 120 Å². The van der Waals surface area contributed by atoms with E-state index in [9.17, 15) is 9.59 Å². The van der Waals surface area contributed by atoms with Crippen molar-refractivity contribution in [3.05, 3.63) is 41.6 Å². The highest BCUT2D eigenvalue weighted by atomic mass is 32.2. The van der Waals surface area contributed by atoms with Crippen LogP contribution in [0.4, 0.5) is 17.5 Å². The number of nitrogens with zero attached hydrogens (tertiary/aromatic N) is 6. The number of carbonyl (C=O) groups excluding carboxylic acids is 2. The highest BCUT2D eigenvalue weighted by molar-refractivity contribution is 7.99. The van der Waals surface area contributed by atoms with Crippen molar-refractivity contribution in [3.8, 4) is 5.75 Å². The number of hydrogen-bond donors (Lipinski definition) is 2. The van der Waals surface area contributed by atoms with E-state index in [4.69, 9.17) is 14.7 Å². The van der Waals surface area contributed by atoms with Gasteiger partial charge in [0.25, 0.3) is 0 Å². The minimum Gasteiger partial charge on any atom is -0.490 e. The fourth-order valence-electron chi connectivity index (χ4n) is 4.07. The number of amides is 1. The van der Waals surface area contributed by atoms with Crippen molar-refractivity contribution in [2.75, 3.05) is 64.1 Å². The number of benzene rings is 1. The normalized spacial score (nSPS) is 13.9. The molecule has 0 saturated carbocycles. The molecule has 3 heterocycles. The number of rotatable bonds is 10. The maximum atomic E-state index is 12.2. The summed E-state index contributed by atoms with van der Waals surface area (Å²) in [6, 6.07) is 9.74. The summed E-state index contributed by atoms with van der Waals surface area (Å²) in [6.45, 7) is 6.76. The highest BCUT2D eigenvalue weighted by Crippen LogP contribution is 2.38. The van der Waals surface area contributed by atoms with Crippen molar-refractivity contribution in [1.29, 1.82) is 0 Å². The number of piperazine rings is 1. The van der Waals surface area contributed by atoms with Gasteiger partial charge in [0.05, 0.1) is 13.7 Å². The Kier molecular flexibility index (Phi) is 8.85. The number of carbonyl (C=O) groups is 2. The van der Waals surface area contributed by atoms with Crippen molar-refractivity contribution in [3.63, 3.8) is 0 Å². The van der Waals surface area contributed by atoms with Gasteiger partial charge in [-0.25, -0.2) is 9.97 Å². The summed E-state index contributed by atoms with van der Waals surface area (Å²) in [7, 11) is 5.15. The first-order valence-electron chi connectivity index (χ1n) is 12.4. The second-order valence-electron chi connectivity index (χ2n) is 9.45. The van der Waals surface area contributed by atoms with Gasteiger partial charge in [-0.3, -0.25) is 19.6 Å². The van der Waals surface area contributed by atoms with E-state index in [0.717, 1.165) is 29.2 Å². The number of Topliss-reactive ketones (excluding diaryl/α,β-unsaturated/α-hetero) is 1. The minimum absolute atomic E-state index is 0.0897. The van der Waals surface area contributed by atoms with Crippen LogP contribution >= 0.6 is 11.8 Å². The molecule has 1 amide bonds. The summed E-state index contributed by atoms with van der Waals surface area (Å²) < 4.78 is 5.81. The zero-order valence-electron chi connectivity index (χ0n) is 22.4. The highest BCUT2D eigenvalue weighted by Gasteiger charge is 2.26. The molecule has 0 radical (unpaired) electrons. The molecule has 0 aliphatic carbocycles. The summed E-state index contributed by atoms with van der Waals surface area (Å²) >= 11 is 1.44. The van der Waals surface area contributed by atoms with E-state index in [2.05, 4.69) is 25.3 Å². The smallest absolute Gasteiger partial charge is 0.236 e. The Morgan fingerprint density at radius 1 is 1.13 bits per heavy atom. The van der Waals surface area contributed by atoms with Crippen LogP contribution in [0.5, 0.6) is 5.75 Å². The quantitative estimate of drug-likeness (QED) is 0.373. The molecule has 0 atom stereocenters. The maximum absolute atomic E-state index is 12.2. The van der Waals surface area contributed by atoms with Gasteiger partial charge < -0.3 is 19.9 Å². The van der Waals surface area contributed by atoms with Gasteiger partial charge in [-0.05, 0) is 43.3 Å². The Bertz CT molecular complexity index is 1270. The number of aryl methyl sites for hydroxylation is 1. The zero-order valence-corrected chi connectivity index (χ0v) is 23.3. The summed E-state index contributed by atoms with van der Waals surface area (Å²) in [5.74, 6) is 2.58. The number of hydrogen-bond acceptors (Lipinski definition) is 10. The van der Waals surface area contributed by atoms with Gasteiger partial charge in [-0.1, -0.05) is 12.1 Å². The first-order valence-corrected chi connectivity index (χ1v) is 13.2. The summed E-state index contributed by atoms with van der Waals surface area (Å²) in [6.07, 6.45) is 0.414. The van der Waals surface area contributed by atoms with Crippen LogP contribution in [0.1, 0.15) is 18.2 Å². The Hall–Kier alpha value is -3.64. The fraction of sp³-hybridized carbons (Fsp3) is 0.423. The maximum Gasteiger partial charge on any atom is 0.236 e. The Morgan fingerprint density at radius 2 is 1.84 bits per heavy atom. The zero-order chi connectivity index (χ0) is 27.2. The van der Waals surface area contributed by atoms with Crippen LogP contribution in [-0.4, -0.2) is 95.6 Å². The lowest BCUT2D eigenvalue weighted by atomic mass is 10.1. The van der Waals surface area contributed by atoms with Gasteiger partial charge in [0.15, 0.2) is 22.6 Å². The van der Waals surface area contributed by atoms with Crippen LogP contribution in [-0.2, 0) is 16.0 Å². The van der Waals surface area contributed by atoms with Crippen LogP contribution in [0.2, 0.25) is 0 Å². The number of methoxy groups -OCH3 is 1. The van der Waals surface area contributed by atoms with E-state index < -0.39 is 0 Å². The van der Waals surface area contributed by atoms with Gasteiger partial charge in [0, 0.05) is 63.4 Å². The lowest BCUT2D eigenvalue weighted by Crippen LogP contribution is -2.49. The molecule has 1 aliphatic rings. The molecule has 0 bridgehead atoms. The van der Waals surface area contributed by atoms with E-state index in [1.165, 1.54) is 11.8 Å². The van der Waals surface area contributed by atoms with Crippen molar-refractivity contribution >= 4 is 40.9 Å². The van der Waals surface area contributed by atoms with Crippen molar-refractivity contribution in [1.82, 2.24) is 30.0 Å². The molecular weight excluding hydrogens is 504 g/mol. The Labute approximate surface area is 227 Å². The molecule has 11 nitrogen and oxygen atoms in total. The lowest BCUT2D eigenvalue weighted by Gasteiger charge is -2.36. The predicted octanol–water partition coefficient (Wildman–Crippen LogP) is 2.75. The third kappa shape index (κ3) is 7.01. The van der Waals surface area contributed by atoms with E-state index in [0.29, 0.717) is 54.4 Å². The molecule has 0 unspecified atom stereocenters. The van der Waals surface area contributed by atoms with Crippen LogP contribution in [0, 0.1) is 6.92 Å². The van der Waals surface area contributed by atoms with E-state index in [-0.39, 0.29) is 11.7 Å². The van der Waals surface area contributed by atoms with Gasteiger partial charge >= 0.3 is 0 Å². The van der Waals surface area contributed by atoms with E-state index >= 15 is 0 Å². The fourth-order valence-corrected chi connectivity index (χ4v) is 4.83. The number of likely N-dealkylation sites (N-methyl/N-ethyl adjacent to an activating group) is 1. The van der Waals surface area contributed by atoms with E-state index in [1.807, 2.05) is 37.3 Å². The monoisotopic (exact) mass is 538 g/mol. The number of H-pyrrole nitrogens is 1. The molecule has 2 aromatic heterocycles. The van der Waals surface area contributed by atoms with Crippen LogP contribution in [0.15, 0.2) is 40.4 Å².